The smallest absolute Gasteiger partial charge is 0.337 e. The lowest BCUT2D eigenvalue weighted by Gasteiger charge is -2.11. The molecule has 3 nitrogen and oxygen atoms in total. The van der Waals surface area contributed by atoms with Crippen LogP contribution in [0.5, 0.6) is 0 Å². The van der Waals surface area contributed by atoms with Gasteiger partial charge in [0, 0.05) is 12.6 Å². The zero-order valence-electron chi connectivity index (χ0n) is 16.2. The maximum Gasteiger partial charge on any atom is 0.337 e. The molecular weight excluding hydrogens is 334 g/mol. The van der Waals surface area contributed by atoms with Crippen LogP contribution in [-0.2, 0) is 16.1 Å². The van der Waals surface area contributed by atoms with E-state index in [0.29, 0.717) is 5.57 Å². The number of hydrogen-bond donors (Lipinski definition) is 0. The van der Waals surface area contributed by atoms with Crippen molar-refractivity contribution < 1.29 is 9.53 Å². The van der Waals surface area contributed by atoms with E-state index in [1.165, 1.54) is 5.56 Å². The quantitative estimate of drug-likeness (QED) is 0.297. The van der Waals surface area contributed by atoms with Crippen molar-refractivity contribution in [2.24, 2.45) is 4.99 Å². The fourth-order valence-corrected chi connectivity index (χ4v) is 2.61. The highest BCUT2D eigenvalue weighted by Gasteiger charge is 2.11. The van der Waals surface area contributed by atoms with Gasteiger partial charge in [-0.05, 0) is 42.2 Å². The Morgan fingerprint density at radius 2 is 1.67 bits per heavy atom. The van der Waals surface area contributed by atoms with E-state index in [1.54, 1.807) is 19.2 Å². The molecule has 0 atom stereocenters. The third kappa shape index (κ3) is 5.38. The van der Waals surface area contributed by atoms with Crippen molar-refractivity contribution in [2.75, 3.05) is 7.05 Å². The van der Waals surface area contributed by atoms with Crippen LogP contribution < -0.4 is 0 Å². The lowest BCUT2D eigenvalue weighted by atomic mass is 9.95. The van der Waals surface area contributed by atoms with Crippen LogP contribution in [-0.4, -0.2) is 18.7 Å². The van der Waals surface area contributed by atoms with E-state index in [9.17, 15) is 4.79 Å². The van der Waals surface area contributed by atoms with Crippen LogP contribution in [0.3, 0.4) is 0 Å². The molecule has 0 N–H and O–H groups in total. The fraction of sp³-hybridized carbons (Fsp3) is 0.167. The number of carbonyl (C=O) groups excluding carboxylic acids is 1. The summed E-state index contributed by atoms with van der Waals surface area (Å²) in [4.78, 5) is 16.5. The Balaban J connectivity index is 2.02. The van der Waals surface area contributed by atoms with Gasteiger partial charge >= 0.3 is 5.97 Å². The van der Waals surface area contributed by atoms with Crippen molar-refractivity contribution in [3.8, 4) is 0 Å². The first kappa shape index (κ1) is 20.1. The summed E-state index contributed by atoms with van der Waals surface area (Å²) in [7, 11) is 1.74. The van der Waals surface area contributed by atoms with Gasteiger partial charge in [-0.1, -0.05) is 67.8 Å². The minimum atomic E-state index is -0.454. The number of ether oxygens (including phenoxy) is 1. The number of aryl methyl sites for hydroxylation is 1. The van der Waals surface area contributed by atoms with Gasteiger partial charge < -0.3 is 4.74 Å². The Bertz CT molecular complexity index is 905. The Labute approximate surface area is 161 Å². The summed E-state index contributed by atoms with van der Waals surface area (Å²) in [5.74, 6) is -0.454. The second-order valence-corrected chi connectivity index (χ2v) is 6.27. The Kier molecular flexibility index (Phi) is 7.07. The van der Waals surface area contributed by atoms with Gasteiger partial charge in [0.1, 0.15) is 6.61 Å². The molecule has 2 rings (SSSR count). The van der Waals surface area contributed by atoms with E-state index in [0.717, 1.165) is 22.4 Å². The Hall–Kier alpha value is -3.20. The van der Waals surface area contributed by atoms with Gasteiger partial charge in [-0.15, -0.1) is 0 Å². The number of esters is 1. The third-order valence-electron chi connectivity index (χ3n) is 4.35. The standard InChI is InChI=1S/C24H25NO2/c1-17-10-9-13-22(20(17)4)23(25-5)18(2)14-15-19(3)24(26)27-16-21-11-7-6-8-12-21/h6-15H,2-3,16H2,1,4-5H3/b15-14-,25-23-. The summed E-state index contributed by atoms with van der Waals surface area (Å²) < 4.78 is 5.28. The minimum Gasteiger partial charge on any atom is -0.457 e. The normalized spacial score (nSPS) is 11.4. The summed E-state index contributed by atoms with van der Waals surface area (Å²) >= 11 is 0. The van der Waals surface area contributed by atoms with Crippen LogP contribution >= 0.6 is 0 Å². The zero-order chi connectivity index (χ0) is 19.8. The average Bonchev–Trinajstić information content (AvgIpc) is 2.68. The van der Waals surface area contributed by atoms with Gasteiger partial charge in [0.05, 0.1) is 11.3 Å². The predicted molar refractivity (Wildman–Crippen MR) is 112 cm³/mol. The second kappa shape index (κ2) is 9.48. The number of rotatable bonds is 7. The molecule has 0 unspecified atom stereocenters. The van der Waals surface area contributed by atoms with Gasteiger partial charge in [0.15, 0.2) is 0 Å². The molecule has 0 spiro atoms. The van der Waals surface area contributed by atoms with E-state index in [2.05, 4.69) is 38.1 Å². The van der Waals surface area contributed by atoms with E-state index in [-0.39, 0.29) is 12.2 Å². The number of allylic oxidation sites excluding steroid dienone is 2. The molecule has 2 aromatic carbocycles. The molecule has 27 heavy (non-hydrogen) atoms. The molecule has 0 aromatic heterocycles. The van der Waals surface area contributed by atoms with Gasteiger partial charge in [-0.2, -0.15) is 0 Å². The lowest BCUT2D eigenvalue weighted by Crippen LogP contribution is -2.07. The molecule has 0 aliphatic carbocycles. The van der Waals surface area contributed by atoms with Crippen LogP contribution in [0, 0.1) is 13.8 Å². The molecule has 0 saturated carbocycles. The van der Waals surface area contributed by atoms with Crippen LogP contribution in [0.25, 0.3) is 0 Å². The first-order valence-electron chi connectivity index (χ1n) is 8.74. The fourth-order valence-electron chi connectivity index (χ4n) is 2.61. The van der Waals surface area contributed by atoms with E-state index in [1.807, 2.05) is 42.5 Å². The Morgan fingerprint density at radius 1 is 1.00 bits per heavy atom. The van der Waals surface area contributed by atoms with Crippen LogP contribution in [0.2, 0.25) is 0 Å². The SMILES string of the molecule is C=C(/C=C\C(=C)/C(=N/C)c1cccc(C)c1C)C(=O)OCc1ccccc1. The van der Waals surface area contributed by atoms with Crippen LogP contribution in [0.15, 0.2) is 90.0 Å². The molecule has 2 aromatic rings. The molecule has 0 fully saturated rings. The van der Waals surface area contributed by atoms with Crippen molar-refractivity contribution in [3.05, 3.63) is 107 Å². The maximum absolute atomic E-state index is 12.1. The Morgan fingerprint density at radius 3 is 2.33 bits per heavy atom. The summed E-state index contributed by atoms with van der Waals surface area (Å²) in [6, 6.07) is 15.6. The molecule has 0 bridgehead atoms. The largest absolute Gasteiger partial charge is 0.457 e. The van der Waals surface area contributed by atoms with Gasteiger partial charge in [-0.25, -0.2) is 4.79 Å². The number of carbonyl (C=O) groups is 1. The lowest BCUT2D eigenvalue weighted by molar-refractivity contribution is -0.139. The molecule has 0 radical (unpaired) electrons. The molecule has 0 amide bonds. The summed E-state index contributed by atoms with van der Waals surface area (Å²) in [6.07, 6.45) is 3.36. The van der Waals surface area contributed by atoms with Gasteiger partial charge in [-0.3, -0.25) is 4.99 Å². The molecule has 138 valence electrons. The molecule has 3 heteroatoms. The van der Waals surface area contributed by atoms with Gasteiger partial charge in [0.25, 0.3) is 0 Å². The summed E-state index contributed by atoms with van der Waals surface area (Å²) in [5, 5.41) is 0. The van der Waals surface area contributed by atoms with Crippen molar-refractivity contribution in [1.82, 2.24) is 0 Å². The van der Waals surface area contributed by atoms with E-state index >= 15 is 0 Å². The minimum absolute atomic E-state index is 0.220. The zero-order valence-corrected chi connectivity index (χ0v) is 16.2. The van der Waals surface area contributed by atoms with Crippen LogP contribution in [0.4, 0.5) is 0 Å². The molecule has 0 heterocycles. The number of aliphatic imine (C=N–C) groups is 1. The first-order chi connectivity index (χ1) is 12.9. The van der Waals surface area contributed by atoms with Crippen LogP contribution in [0.1, 0.15) is 22.3 Å². The highest BCUT2D eigenvalue weighted by molar-refractivity contribution is 6.15. The third-order valence-corrected chi connectivity index (χ3v) is 4.35. The van der Waals surface area contributed by atoms with Crippen molar-refractivity contribution in [2.45, 2.75) is 20.5 Å². The molecule has 0 aliphatic rings. The number of nitrogens with zero attached hydrogens (tertiary/aromatic N) is 1. The molecule has 0 aliphatic heterocycles. The number of hydrogen-bond acceptors (Lipinski definition) is 3. The van der Waals surface area contributed by atoms with E-state index < -0.39 is 5.97 Å². The molecule has 0 saturated heterocycles. The van der Waals surface area contributed by atoms with E-state index in [4.69, 9.17) is 4.74 Å². The topological polar surface area (TPSA) is 38.7 Å². The summed E-state index contributed by atoms with van der Waals surface area (Å²) in [5.41, 5.74) is 6.09. The van der Waals surface area contributed by atoms with Crippen molar-refractivity contribution in [1.29, 1.82) is 0 Å². The highest BCUT2D eigenvalue weighted by atomic mass is 16.5. The summed E-state index contributed by atoms with van der Waals surface area (Å²) in [6.45, 7) is 12.2. The van der Waals surface area contributed by atoms with Crippen molar-refractivity contribution >= 4 is 11.7 Å². The number of benzene rings is 2. The van der Waals surface area contributed by atoms with Crippen molar-refractivity contribution in [3.63, 3.8) is 0 Å². The van der Waals surface area contributed by atoms with Gasteiger partial charge in [0.2, 0.25) is 0 Å². The molecular formula is C24H25NO2. The maximum atomic E-state index is 12.1. The average molecular weight is 359 g/mol. The monoisotopic (exact) mass is 359 g/mol. The highest BCUT2D eigenvalue weighted by Crippen LogP contribution is 2.18. The first-order valence-corrected chi connectivity index (χ1v) is 8.74. The predicted octanol–water partition coefficient (Wildman–Crippen LogP) is 5.13. The second-order valence-electron chi connectivity index (χ2n) is 6.27.